The third-order valence-corrected chi connectivity index (χ3v) is 5.27. The summed E-state index contributed by atoms with van der Waals surface area (Å²) in [5.74, 6) is 2.05. The van der Waals surface area contributed by atoms with Crippen LogP contribution in [0.25, 0.3) is 11.3 Å². The van der Waals surface area contributed by atoms with Crippen LogP contribution < -0.4 is 14.2 Å². The molecule has 0 atom stereocenters. The lowest BCUT2D eigenvalue weighted by atomic mass is 10.1. The van der Waals surface area contributed by atoms with Crippen molar-refractivity contribution in [1.29, 1.82) is 0 Å². The van der Waals surface area contributed by atoms with Gasteiger partial charge < -0.3 is 19.1 Å². The molecular weight excluding hydrogens is 394 g/mol. The molecule has 0 fully saturated rings. The third kappa shape index (κ3) is 4.35. The summed E-state index contributed by atoms with van der Waals surface area (Å²) < 4.78 is 18.7. The van der Waals surface area contributed by atoms with Crippen molar-refractivity contribution in [3.63, 3.8) is 0 Å². The Morgan fingerprint density at radius 1 is 1.16 bits per heavy atom. The van der Waals surface area contributed by atoms with Crippen LogP contribution in [0.1, 0.15) is 27.9 Å². The largest absolute Gasteiger partial charge is 0.496 e. The van der Waals surface area contributed by atoms with E-state index in [-0.39, 0.29) is 5.91 Å². The number of ether oxygens (including phenoxy) is 3. The highest BCUT2D eigenvalue weighted by Gasteiger charge is 2.23. The highest BCUT2D eigenvalue weighted by Crippen LogP contribution is 2.35. The van der Waals surface area contributed by atoms with Gasteiger partial charge in [-0.3, -0.25) is 9.48 Å². The Morgan fingerprint density at radius 2 is 1.94 bits per heavy atom. The Balaban J connectivity index is 1.63. The lowest BCUT2D eigenvalue weighted by Gasteiger charge is -2.19. The van der Waals surface area contributed by atoms with E-state index in [0.29, 0.717) is 42.5 Å². The summed E-state index contributed by atoms with van der Waals surface area (Å²) in [5.41, 5.74) is 4.04. The van der Waals surface area contributed by atoms with Crippen molar-refractivity contribution in [1.82, 2.24) is 14.7 Å². The van der Waals surface area contributed by atoms with E-state index in [1.165, 1.54) is 0 Å². The number of amides is 1. The van der Waals surface area contributed by atoms with Gasteiger partial charge in [0, 0.05) is 44.4 Å². The number of hydrogen-bond acceptors (Lipinski definition) is 5. The molecule has 0 spiro atoms. The Bertz CT molecular complexity index is 1110. The van der Waals surface area contributed by atoms with Crippen molar-refractivity contribution in [2.75, 3.05) is 27.4 Å². The topological polar surface area (TPSA) is 65.8 Å². The lowest BCUT2D eigenvalue weighted by molar-refractivity contribution is 0.0785. The van der Waals surface area contributed by atoms with Gasteiger partial charge in [-0.2, -0.15) is 5.10 Å². The minimum Gasteiger partial charge on any atom is -0.496 e. The first-order valence-corrected chi connectivity index (χ1v) is 10.3. The zero-order valence-corrected chi connectivity index (χ0v) is 18.3. The van der Waals surface area contributed by atoms with Gasteiger partial charge in [-0.05, 0) is 31.2 Å². The van der Waals surface area contributed by atoms with Crippen LogP contribution in [0.15, 0.2) is 42.6 Å². The van der Waals surface area contributed by atoms with Crippen LogP contribution >= 0.6 is 0 Å². The predicted molar refractivity (Wildman–Crippen MR) is 118 cm³/mol. The average Bonchev–Trinajstić information content (AvgIpc) is 2.99. The smallest absolute Gasteiger partial charge is 0.257 e. The highest BCUT2D eigenvalue weighted by molar-refractivity contribution is 5.99. The molecule has 0 N–H and O–H groups in total. The van der Waals surface area contributed by atoms with E-state index in [1.54, 1.807) is 29.9 Å². The van der Waals surface area contributed by atoms with Crippen LogP contribution in [0, 0.1) is 6.92 Å². The minimum absolute atomic E-state index is 0.112. The normalized spacial score (nSPS) is 12.9. The standard InChI is InChI=1S/C24H27N3O4/c1-16-6-8-20(29-4)18(12-16)14-26(2)24(28)19-15-27(3)25-23(19)17-7-9-21-22(13-17)31-11-5-10-30-21/h6-9,12-13,15H,5,10-11,14H2,1-4H3. The minimum atomic E-state index is -0.112. The molecule has 0 radical (unpaired) electrons. The molecule has 2 heterocycles. The maximum atomic E-state index is 13.4. The summed E-state index contributed by atoms with van der Waals surface area (Å²) in [5, 5.41) is 4.56. The molecule has 162 valence electrons. The molecule has 0 unspecified atom stereocenters. The summed E-state index contributed by atoms with van der Waals surface area (Å²) in [4.78, 5) is 15.0. The second-order valence-electron chi connectivity index (χ2n) is 7.75. The fourth-order valence-electron chi connectivity index (χ4n) is 3.73. The molecule has 1 amide bonds. The summed E-state index contributed by atoms with van der Waals surface area (Å²) in [6.45, 7) is 3.69. The molecule has 1 aliphatic heterocycles. The van der Waals surface area contributed by atoms with Crippen molar-refractivity contribution >= 4 is 5.91 Å². The second kappa shape index (κ2) is 8.71. The first-order valence-electron chi connectivity index (χ1n) is 10.3. The van der Waals surface area contributed by atoms with E-state index in [2.05, 4.69) is 5.10 Å². The number of aryl methyl sites for hydroxylation is 2. The molecule has 7 nitrogen and oxygen atoms in total. The van der Waals surface area contributed by atoms with Crippen LogP contribution in [0.2, 0.25) is 0 Å². The first kappa shape index (κ1) is 20.8. The summed E-state index contributed by atoms with van der Waals surface area (Å²) >= 11 is 0. The first-order chi connectivity index (χ1) is 15.0. The van der Waals surface area contributed by atoms with Crippen molar-refractivity contribution in [2.24, 2.45) is 7.05 Å². The molecule has 3 aromatic rings. The number of carbonyl (C=O) groups excluding carboxylic acids is 1. The molecule has 31 heavy (non-hydrogen) atoms. The van der Waals surface area contributed by atoms with Crippen molar-refractivity contribution < 1.29 is 19.0 Å². The third-order valence-electron chi connectivity index (χ3n) is 5.27. The van der Waals surface area contributed by atoms with Crippen LogP contribution in [0.3, 0.4) is 0 Å². The Labute approximate surface area is 182 Å². The number of hydrogen-bond donors (Lipinski definition) is 0. The molecular formula is C24H27N3O4. The van der Waals surface area contributed by atoms with Gasteiger partial charge in [0.2, 0.25) is 0 Å². The summed E-state index contributed by atoms with van der Waals surface area (Å²) in [6, 6.07) is 11.6. The van der Waals surface area contributed by atoms with Gasteiger partial charge in [0.25, 0.3) is 5.91 Å². The van der Waals surface area contributed by atoms with E-state index in [4.69, 9.17) is 14.2 Å². The molecule has 0 saturated heterocycles. The number of benzene rings is 2. The van der Waals surface area contributed by atoms with Crippen molar-refractivity contribution in [2.45, 2.75) is 19.9 Å². The zero-order valence-electron chi connectivity index (χ0n) is 18.3. The summed E-state index contributed by atoms with van der Waals surface area (Å²) in [6.07, 6.45) is 2.59. The van der Waals surface area contributed by atoms with Gasteiger partial charge in [0.05, 0.1) is 25.9 Å². The van der Waals surface area contributed by atoms with Gasteiger partial charge in [-0.15, -0.1) is 0 Å². The van der Waals surface area contributed by atoms with E-state index >= 15 is 0 Å². The predicted octanol–water partition coefficient (Wildman–Crippen LogP) is 3.84. The van der Waals surface area contributed by atoms with Gasteiger partial charge in [0.15, 0.2) is 11.5 Å². The zero-order chi connectivity index (χ0) is 22.0. The van der Waals surface area contributed by atoms with Crippen molar-refractivity contribution in [3.05, 3.63) is 59.3 Å². The Morgan fingerprint density at radius 3 is 2.71 bits per heavy atom. The molecule has 2 aromatic carbocycles. The maximum Gasteiger partial charge on any atom is 0.257 e. The molecule has 0 bridgehead atoms. The fourth-order valence-corrected chi connectivity index (χ4v) is 3.73. The molecule has 1 aliphatic rings. The monoisotopic (exact) mass is 421 g/mol. The molecule has 0 aliphatic carbocycles. The molecule has 7 heteroatoms. The highest BCUT2D eigenvalue weighted by atomic mass is 16.5. The number of methoxy groups -OCH3 is 1. The number of aromatic nitrogens is 2. The van der Waals surface area contributed by atoms with Crippen LogP contribution in [0.4, 0.5) is 0 Å². The van der Waals surface area contributed by atoms with Gasteiger partial charge in [0.1, 0.15) is 11.4 Å². The molecule has 0 saturated carbocycles. The quantitative estimate of drug-likeness (QED) is 0.626. The lowest BCUT2D eigenvalue weighted by Crippen LogP contribution is -2.26. The number of fused-ring (bicyclic) bond motifs is 1. The maximum absolute atomic E-state index is 13.4. The fraction of sp³-hybridized carbons (Fsp3) is 0.333. The average molecular weight is 421 g/mol. The van der Waals surface area contributed by atoms with E-state index in [9.17, 15) is 4.79 Å². The van der Waals surface area contributed by atoms with Gasteiger partial charge >= 0.3 is 0 Å². The van der Waals surface area contributed by atoms with Gasteiger partial charge in [-0.1, -0.05) is 17.7 Å². The molecule has 1 aromatic heterocycles. The Kier molecular flexibility index (Phi) is 5.84. The van der Waals surface area contributed by atoms with Crippen LogP contribution in [0.5, 0.6) is 17.2 Å². The van der Waals surface area contributed by atoms with E-state index in [1.807, 2.05) is 50.4 Å². The van der Waals surface area contributed by atoms with E-state index < -0.39 is 0 Å². The SMILES string of the molecule is COc1ccc(C)cc1CN(C)C(=O)c1cn(C)nc1-c1ccc2c(c1)OCCCO2. The number of carbonyl (C=O) groups is 1. The van der Waals surface area contributed by atoms with E-state index in [0.717, 1.165) is 28.9 Å². The number of rotatable bonds is 5. The summed E-state index contributed by atoms with van der Waals surface area (Å²) in [7, 11) is 5.24. The second-order valence-corrected chi connectivity index (χ2v) is 7.75. The van der Waals surface area contributed by atoms with Crippen molar-refractivity contribution in [3.8, 4) is 28.5 Å². The van der Waals surface area contributed by atoms with Crippen LogP contribution in [-0.4, -0.2) is 48.0 Å². The number of nitrogens with zero attached hydrogens (tertiary/aromatic N) is 3. The van der Waals surface area contributed by atoms with Crippen LogP contribution in [-0.2, 0) is 13.6 Å². The molecule has 4 rings (SSSR count). The Hall–Kier alpha value is -3.48. The van der Waals surface area contributed by atoms with Gasteiger partial charge in [-0.25, -0.2) is 0 Å².